The van der Waals surface area contributed by atoms with Gasteiger partial charge in [0.1, 0.15) is 17.2 Å². The summed E-state index contributed by atoms with van der Waals surface area (Å²) in [5.74, 6) is 2.64. The fourth-order valence-electron chi connectivity index (χ4n) is 3.32. The highest BCUT2D eigenvalue weighted by Gasteiger charge is 2.10. The SMILES string of the molecule is C=CC(=O)Nc1cccc(Oc2cccc3nc(Nc4ccc(Oc5ccccc5)cc4)nn23)c1. The first-order chi connectivity index (χ1) is 17.2. The molecule has 8 nitrogen and oxygen atoms in total. The van der Waals surface area contributed by atoms with E-state index in [1.165, 1.54) is 6.08 Å². The highest BCUT2D eigenvalue weighted by molar-refractivity contribution is 5.98. The number of pyridine rings is 1. The highest BCUT2D eigenvalue weighted by atomic mass is 16.5. The lowest BCUT2D eigenvalue weighted by Gasteiger charge is -2.09. The van der Waals surface area contributed by atoms with Crippen LogP contribution >= 0.6 is 0 Å². The second kappa shape index (κ2) is 9.80. The average Bonchev–Trinajstić information content (AvgIpc) is 3.29. The van der Waals surface area contributed by atoms with Gasteiger partial charge < -0.3 is 20.1 Å². The predicted molar refractivity (Wildman–Crippen MR) is 135 cm³/mol. The van der Waals surface area contributed by atoms with Crippen LogP contribution in [0.4, 0.5) is 17.3 Å². The lowest BCUT2D eigenvalue weighted by atomic mass is 10.3. The molecule has 2 aromatic heterocycles. The van der Waals surface area contributed by atoms with Gasteiger partial charge in [0.2, 0.25) is 17.7 Å². The van der Waals surface area contributed by atoms with Crippen molar-refractivity contribution in [2.45, 2.75) is 0 Å². The zero-order chi connectivity index (χ0) is 24.0. The number of fused-ring (bicyclic) bond motifs is 1. The Balaban J connectivity index is 1.31. The van der Waals surface area contributed by atoms with E-state index in [2.05, 4.69) is 27.3 Å². The van der Waals surface area contributed by atoms with E-state index in [9.17, 15) is 4.79 Å². The first kappa shape index (κ1) is 21.7. The summed E-state index contributed by atoms with van der Waals surface area (Å²) in [6.45, 7) is 3.46. The van der Waals surface area contributed by atoms with Crippen LogP contribution < -0.4 is 20.1 Å². The Kier molecular flexibility index (Phi) is 6.08. The molecule has 0 saturated heterocycles. The molecule has 1 amide bonds. The van der Waals surface area contributed by atoms with Crippen molar-refractivity contribution < 1.29 is 14.3 Å². The van der Waals surface area contributed by atoms with E-state index in [1.54, 1.807) is 34.8 Å². The van der Waals surface area contributed by atoms with Crippen LogP contribution in [0.1, 0.15) is 0 Å². The molecule has 0 spiro atoms. The number of nitrogens with zero attached hydrogens (tertiary/aromatic N) is 3. The molecule has 0 radical (unpaired) electrons. The monoisotopic (exact) mass is 463 g/mol. The summed E-state index contributed by atoms with van der Waals surface area (Å²) in [6.07, 6.45) is 1.21. The minimum Gasteiger partial charge on any atom is -0.457 e. The third-order valence-electron chi connectivity index (χ3n) is 4.92. The van der Waals surface area contributed by atoms with E-state index >= 15 is 0 Å². The fraction of sp³-hybridized carbons (Fsp3) is 0. The molecule has 0 bridgehead atoms. The molecule has 3 aromatic carbocycles. The van der Waals surface area contributed by atoms with Crippen LogP contribution in [0.5, 0.6) is 23.1 Å². The van der Waals surface area contributed by atoms with Crippen molar-refractivity contribution in [1.29, 1.82) is 0 Å². The van der Waals surface area contributed by atoms with Gasteiger partial charge >= 0.3 is 0 Å². The summed E-state index contributed by atoms with van der Waals surface area (Å²) in [4.78, 5) is 16.1. The number of nitrogens with one attached hydrogen (secondary N) is 2. The number of hydrogen-bond acceptors (Lipinski definition) is 6. The number of hydrogen-bond donors (Lipinski definition) is 2. The number of benzene rings is 3. The molecule has 8 heteroatoms. The molecule has 5 aromatic rings. The third-order valence-corrected chi connectivity index (χ3v) is 4.92. The molecular formula is C27H21N5O3. The van der Waals surface area contributed by atoms with Crippen molar-refractivity contribution in [1.82, 2.24) is 14.6 Å². The number of aromatic nitrogens is 3. The summed E-state index contributed by atoms with van der Waals surface area (Å²) in [5.41, 5.74) is 2.03. The summed E-state index contributed by atoms with van der Waals surface area (Å²) in [6, 6.07) is 29.7. The Labute approximate surface area is 201 Å². The number of carbonyl (C=O) groups is 1. The van der Waals surface area contributed by atoms with Crippen LogP contribution in [0.3, 0.4) is 0 Å². The van der Waals surface area contributed by atoms with Crippen molar-refractivity contribution >= 4 is 28.9 Å². The van der Waals surface area contributed by atoms with E-state index in [0.717, 1.165) is 17.2 Å². The molecule has 35 heavy (non-hydrogen) atoms. The molecule has 5 rings (SSSR count). The molecule has 0 aliphatic rings. The van der Waals surface area contributed by atoms with E-state index < -0.39 is 0 Å². The molecule has 2 N–H and O–H groups in total. The van der Waals surface area contributed by atoms with Crippen LogP contribution in [0.2, 0.25) is 0 Å². The maximum Gasteiger partial charge on any atom is 0.247 e. The summed E-state index contributed by atoms with van der Waals surface area (Å²) >= 11 is 0. The van der Waals surface area contributed by atoms with Crippen LogP contribution in [0.25, 0.3) is 5.65 Å². The van der Waals surface area contributed by atoms with Gasteiger partial charge in [0.25, 0.3) is 0 Å². The van der Waals surface area contributed by atoms with E-state index in [0.29, 0.717) is 28.9 Å². The molecule has 0 fully saturated rings. The minimum atomic E-state index is -0.295. The third kappa shape index (κ3) is 5.28. The lowest BCUT2D eigenvalue weighted by Crippen LogP contribution is -2.07. The van der Waals surface area contributed by atoms with Gasteiger partial charge in [0.15, 0.2) is 5.65 Å². The van der Waals surface area contributed by atoms with Gasteiger partial charge in [-0.05, 0) is 60.7 Å². The van der Waals surface area contributed by atoms with Gasteiger partial charge in [-0.15, -0.1) is 5.10 Å². The van der Waals surface area contributed by atoms with Crippen molar-refractivity contribution in [3.05, 3.63) is 110 Å². The molecule has 0 unspecified atom stereocenters. The van der Waals surface area contributed by atoms with E-state index in [-0.39, 0.29) is 5.91 Å². The highest BCUT2D eigenvalue weighted by Crippen LogP contribution is 2.27. The molecule has 2 heterocycles. The smallest absolute Gasteiger partial charge is 0.247 e. The topological polar surface area (TPSA) is 89.8 Å². The standard InChI is InChI=1S/C27H21N5O3/c1-2-25(33)28-20-8-6-11-23(18-20)35-26-13-7-12-24-30-27(31-32(24)26)29-19-14-16-22(17-15-19)34-21-9-4-3-5-10-21/h2-18H,1H2,(H,28,33)(H,29,31). The zero-order valence-electron chi connectivity index (χ0n) is 18.6. The number of carbonyl (C=O) groups excluding carboxylic acids is 1. The van der Waals surface area contributed by atoms with Gasteiger partial charge in [0.05, 0.1) is 0 Å². The number of anilines is 3. The fourth-order valence-corrected chi connectivity index (χ4v) is 3.32. The number of amides is 1. The van der Waals surface area contributed by atoms with Gasteiger partial charge in [0, 0.05) is 23.5 Å². The normalized spacial score (nSPS) is 10.5. The maximum atomic E-state index is 11.6. The van der Waals surface area contributed by atoms with Crippen LogP contribution in [0.15, 0.2) is 110 Å². The first-order valence-corrected chi connectivity index (χ1v) is 10.8. The Hall–Kier alpha value is -5.11. The Bertz CT molecular complexity index is 1480. The minimum absolute atomic E-state index is 0.295. The molecule has 0 aliphatic heterocycles. The maximum absolute atomic E-state index is 11.6. The molecule has 172 valence electrons. The van der Waals surface area contributed by atoms with E-state index in [1.807, 2.05) is 66.7 Å². The average molecular weight is 463 g/mol. The predicted octanol–water partition coefficient (Wildman–Crippen LogP) is 6.18. The molecule has 0 atom stereocenters. The van der Waals surface area contributed by atoms with Crippen molar-refractivity contribution in [2.24, 2.45) is 0 Å². The van der Waals surface area contributed by atoms with Crippen LogP contribution in [0, 0.1) is 0 Å². The molecule has 0 saturated carbocycles. The van der Waals surface area contributed by atoms with Crippen molar-refractivity contribution in [3.63, 3.8) is 0 Å². The second-order valence-corrected chi connectivity index (χ2v) is 7.46. The van der Waals surface area contributed by atoms with Gasteiger partial charge in [-0.3, -0.25) is 4.79 Å². The molecule has 0 aliphatic carbocycles. The Morgan fingerprint density at radius 2 is 1.54 bits per heavy atom. The van der Waals surface area contributed by atoms with Crippen molar-refractivity contribution in [3.8, 4) is 23.1 Å². The first-order valence-electron chi connectivity index (χ1n) is 10.8. The lowest BCUT2D eigenvalue weighted by molar-refractivity contribution is -0.111. The van der Waals surface area contributed by atoms with E-state index in [4.69, 9.17) is 9.47 Å². The number of ether oxygens (including phenoxy) is 2. The van der Waals surface area contributed by atoms with Crippen LogP contribution in [-0.4, -0.2) is 20.5 Å². The van der Waals surface area contributed by atoms with Gasteiger partial charge in [-0.25, -0.2) is 0 Å². The van der Waals surface area contributed by atoms with Gasteiger partial charge in [-0.2, -0.15) is 9.50 Å². The number of rotatable bonds is 8. The van der Waals surface area contributed by atoms with Crippen LogP contribution in [-0.2, 0) is 4.79 Å². The van der Waals surface area contributed by atoms with Crippen molar-refractivity contribution in [2.75, 3.05) is 10.6 Å². The summed E-state index contributed by atoms with van der Waals surface area (Å²) in [7, 11) is 0. The Morgan fingerprint density at radius 3 is 2.34 bits per heavy atom. The second-order valence-electron chi connectivity index (χ2n) is 7.46. The Morgan fingerprint density at radius 1 is 0.800 bits per heavy atom. The summed E-state index contributed by atoms with van der Waals surface area (Å²) < 4.78 is 13.5. The quantitative estimate of drug-likeness (QED) is 0.267. The zero-order valence-corrected chi connectivity index (χ0v) is 18.6. The molecular weight excluding hydrogens is 442 g/mol. The number of para-hydroxylation sites is 1. The summed E-state index contributed by atoms with van der Waals surface area (Å²) in [5, 5.41) is 10.4. The van der Waals surface area contributed by atoms with Gasteiger partial charge in [-0.1, -0.05) is 36.9 Å². The largest absolute Gasteiger partial charge is 0.457 e.